The van der Waals surface area contributed by atoms with Crippen molar-refractivity contribution in [3.8, 4) is 11.1 Å². The van der Waals surface area contributed by atoms with E-state index in [4.69, 9.17) is 11.2 Å². The standard InChI is InChI=1S/C16H16O2S2/c1-3-7-14-12(2)10-11-15(20(17,18)19)16(14)13-8-5-4-6-9-13/h3-11H,1-2H3,(H,17,18,19). The number of hydrogen-bond donors (Lipinski definition) is 1. The quantitative estimate of drug-likeness (QED) is 0.920. The molecule has 1 unspecified atom stereocenters. The second kappa shape index (κ2) is 5.87. The summed E-state index contributed by atoms with van der Waals surface area (Å²) in [5, 5.41) is 0. The molecule has 0 saturated heterocycles. The number of aryl methyl sites for hydroxylation is 1. The average molecular weight is 304 g/mol. The van der Waals surface area contributed by atoms with Gasteiger partial charge in [0.25, 0.3) is 0 Å². The number of allylic oxidation sites excluding steroid dienone is 1. The van der Waals surface area contributed by atoms with E-state index in [9.17, 15) is 8.76 Å². The summed E-state index contributed by atoms with van der Waals surface area (Å²) in [7, 11) is -3.44. The fraction of sp³-hybridized carbons (Fsp3) is 0.125. The molecule has 2 nitrogen and oxygen atoms in total. The lowest BCUT2D eigenvalue weighted by atomic mass is 9.95. The van der Waals surface area contributed by atoms with Crippen LogP contribution in [-0.4, -0.2) is 8.76 Å². The van der Waals surface area contributed by atoms with Crippen molar-refractivity contribution in [2.24, 2.45) is 0 Å². The summed E-state index contributed by atoms with van der Waals surface area (Å²) in [5.74, 6) is 0. The van der Waals surface area contributed by atoms with Gasteiger partial charge in [0.2, 0.25) is 0 Å². The maximum absolute atomic E-state index is 12.0. The van der Waals surface area contributed by atoms with E-state index in [1.807, 2.05) is 62.4 Å². The first-order valence-corrected chi connectivity index (χ1v) is 8.68. The van der Waals surface area contributed by atoms with Crippen LogP contribution in [0.5, 0.6) is 0 Å². The second-order valence-electron chi connectivity index (χ2n) is 4.51. The van der Waals surface area contributed by atoms with Crippen molar-refractivity contribution in [2.45, 2.75) is 18.7 Å². The Morgan fingerprint density at radius 2 is 1.80 bits per heavy atom. The Morgan fingerprint density at radius 3 is 2.35 bits per heavy atom. The zero-order chi connectivity index (χ0) is 14.8. The van der Waals surface area contributed by atoms with Gasteiger partial charge >= 0.3 is 0 Å². The summed E-state index contributed by atoms with van der Waals surface area (Å²) in [6, 6.07) is 13.1. The van der Waals surface area contributed by atoms with Crippen molar-refractivity contribution >= 4 is 26.0 Å². The van der Waals surface area contributed by atoms with Crippen LogP contribution in [0.15, 0.2) is 53.4 Å². The minimum absolute atomic E-state index is 0.303. The lowest BCUT2D eigenvalue weighted by Crippen LogP contribution is -2.02. The first-order valence-electron chi connectivity index (χ1n) is 6.24. The van der Waals surface area contributed by atoms with Crippen LogP contribution in [0.1, 0.15) is 18.1 Å². The van der Waals surface area contributed by atoms with Crippen molar-refractivity contribution in [3.05, 3.63) is 59.7 Å². The van der Waals surface area contributed by atoms with Gasteiger partial charge in [0.1, 0.15) is 0 Å². The van der Waals surface area contributed by atoms with Gasteiger partial charge in [-0.15, -0.1) is 0 Å². The third-order valence-electron chi connectivity index (χ3n) is 3.10. The third-order valence-corrected chi connectivity index (χ3v) is 4.53. The Bertz CT molecular complexity index is 746. The summed E-state index contributed by atoms with van der Waals surface area (Å²) in [6.45, 7) is 3.90. The van der Waals surface area contributed by atoms with Crippen molar-refractivity contribution in [2.75, 3.05) is 0 Å². The predicted molar refractivity (Wildman–Crippen MR) is 87.7 cm³/mol. The summed E-state index contributed by atoms with van der Waals surface area (Å²) in [6.07, 6.45) is 3.86. The lowest BCUT2D eigenvalue weighted by molar-refractivity contribution is 0.562. The molecular weight excluding hydrogens is 288 g/mol. The highest BCUT2D eigenvalue weighted by molar-refractivity contribution is 8.29. The van der Waals surface area contributed by atoms with E-state index >= 15 is 0 Å². The molecule has 0 aromatic heterocycles. The van der Waals surface area contributed by atoms with E-state index in [1.165, 1.54) is 0 Å². The van der Waals surface area contributed by atoms with E-state index in [0.717, 1.165) is 22.3 Å². The predicted octanol–water partition coefficient (Wildman–Crippen LogP) is 4.27. The monoisotopic (exact) mass is 304 g/mol. The molecule has 0 heterocycles. The van der Waals surface area contributed by atoms with Gasteiger partial charge in [-0.1, -0.05) is 48.6 Å². The zero-order valence-corrected chi connectivity index (χ0v) is 13.0. The molecule has 1 atom stereocenters. The molecule has 2 aromatic rings. The molecule has 0 saturated carbocycles. The van der Waals surface area contributed by atoms with Gasteiger partial charge in [-0.3, -0.25) is 0 Å². The molecule has 0 aliphatic carbocycles. The molecule has 1 N–H and O–H groups in total. The average Bonchev–Trinajstić information content (AvgIpc) is 2.40. The van der Waals surface area contributed by atoms with E-state index in [0.29, 0.717) is 4.90 Å². The van der Waals surface area contributed by atoms with Crippen molar-refractivity contribution in [1.29, 1.82) is 0 Å². The maximum Gasteiger partial charge on any atom is 0.171 e. The maximum atomic E-state index is 12.0. The third kappa shape index (κ3) is 2.98. The Hall–Kier alpha value is -1.49. The minimum atomic E-state index is -3.44. The molecule has 0 radical (unpaired) electrons. The number of hydrogen-bond acceptors (Lipinski definition) is 2. The van der Waals surface area contributed by atoms with Crippen LogP contribution in [0.25, 0.3) is 17.2 Å². The topological polar surface area (TPSA) is 37.3 Å². The van der Waals surface area contributed by atoms with Crippen LogP contribution in [0.2, 0.25) is 0 Å². The van der Waals surface area contributed by atoms with Gasteiger partial charge in [-0.2, -0.15) is 0 Å². The van der Waals surface area contributed by atoms with Gasteiger partial charge in [0.15, 0.2) is 8.77 Å². The normalized spacial score (nSPS) is 14.3. The van der Waals surface area contributed by atoms with Crippen molar-refractivity contribution < 1.29 is 8.76 Å². The molecule has 4 heteroatoms. The largest absolute Gasteiger partial charge is 0.302 e. The van der Waals surface area contributed by atoms with E-state index in [1.54, 1.807) is 6.07 Å². The fourth-order valence-corrected chi connectivity index (χ4v) is 3.35. The van der Waals surface area contributed by atoms with Gasteiger partial charge in [-0.05, 0) is 36.6 Å². The molecule has 0 fully saturated rings. The van der Waals surface area contributed by atoms with Gasteiger partial charge in [0, 0.05) is 16.8 Å². The first-order chi connectivity index (χ1) is 9.45. The van der Waals surface area contributed by atoms with Crippen LogP contribution >= 0.6 is 0 Å². The van der Waals surface area contributed by atoms with E-state index in [-0.39, 0.29) is 0 Å². The number of benzene rings is 2. The highest BCUT2D eigenvalue weighted by Gasteiger charge is 2.17. The molecule has 0 aliphatic rings. The summed E-state index contributed by atoms with van der Waals surface area (Å²) < 4.78 is 21.8. The van der Waals surface area contributed by atoms with Gasteiger partial charge in [-0.25, -0.2) is 4.21 Å². The Kier molecular flexibility index (Phi) is 4.38. The Balaban J connectivity index is 2.90. The van der Waals surface area contributed by atoms with Gasteiger partial charge in [0.05, 0.1) is 4.90 Å². The molecule has 0 aliphatic heterocycles. The van der Waals surface area contributed by atoms with E-state index < -0.39 is 8.77 Å². The molecule has 0 bridgehead atoms. The molecule has 20 heavy (non-hydrogen) atoms. The second-order valence-corrected chi connectivity index (χ2v) is 7.26. The van der Waals surface area contributed by atoms with Crippen LogP contribution in [-0.2, 0) is 20.0 Å². The van der Waals surface area contributed by atoms with Crippen molar-refractivity contribution in [1.82, 2.24) is 0 Å². The summed E-state index contributed by atoms with van der Waals surface area (Å²) in [4.78, 5) is 0.303. The molecule has 104 valence electrons. The van der Waals surface area contributed by atoms with Crippen LogP contribution < -0.4 is 0 Å². The SMILES string of the molecule is CC=Cc1c(C)ccc(S(=O)(O)=S)c1-c1ccccc1. The van der Waals surface area contributed by atoms with Crippen LogP contribution in [0.3, 0.4) is 0 Å². The smallest absolute Gasteiger partial charge is 0.171 e. The van der Waals surface area contributed by atoms with Gasteiger partial charge < -0.3 is 4.55 Å². The molecule has 0 amide bonds. The highest BCUT2D eigenvalue weighted by atomic mass is 32.8. The fourth-order valence-electron chi connectivity index (χ4n) is 2.20. The Morgan fingerprint density at radius 1 is 1.15 bits per heavy atom. The lowest BCUT2D eigenvalue weighted by Gasteiger charge is -2.15. The highest BCUT2D eigenvalue weighted by Crippen LogP contribution is 2.33. The molecule has 0 spiro atoms. The summed E-state index contributed by atoms with van der Waals surface area (Å²) in [5.41, 5.74) is 3.62. The van der Waals surface area contributed by atoms with Crippen LogP contribution in [0, 0.1) is 6.92 Å². The summed E-state index contributed by atoms with van der Waals surface area (Å²) >= 11 is 4.79. The van der Waals surface area contributed by atoms with E-state index in [2.05, 4.69) is 0 Å². The molecular formula is C16H16O2S2. The number of rotatable bonds is 3. The van der Waals surface area contributed by atoms with Crippen LogP contribution in [0.4, 0.5) is 0 Å². The minimum Gasteiger partial charge on any atom is -0.302 e. The molecule has 2 aromatic carbocycles. The Labute approximate surface area is 124 Å². The molecule has 2 rings (SSSR count). The zero-order valence-electron chi connectivity index (χ0n) is 11.4. The van der Waals surface area contributed by atoms with Crippen molar-refractivity contribution in [3.63, 3.8) is 0 Å². The first kappa shape index (κ1) is 14.9.